The molecule has 1 aromatic rings. The fraction of sp³-hybridized carbons (Fsp3) is 0.533. The van der Waals surface area contributed by atoms with Crippen LogP contribution in [0.1, 0.15) is 38.4 Å². The minimum absolute atomic E-state index is 0.265. The molecule has 0 aliphatic heterocycles. The lowest BCUT2D eigenvalue weighted by Crippen LogP contribution is -2.45. The predicted molar refractivity (Wildman–Crippen MR) is 79.7 cm³/mol. The Bertz CT molecular complexity index is 452. The lowest BCUT2D eigenvalue weighted by Gasteiger charge is -2.30. The molecule has 5 heteroatoms. The molecule has 0 fully saturated rings. The molecule has 112 valence electrons. The van der Waals surface area contributed by atoms with Gasteiger partial charge in [0.1, 0.15) is 0 Å². The summed E-state index contributed by atoms with van der Waals surface area (Å²) < 4.78 is 4.70. The molecule has 2 N–H and O–H groups in total. The Labute approximate surface area is 125 Å². The van der Waals surface area contributed by atoms with Crippen LogP contribution >= 0.6 is 11.6 Å². The summed E-state index contributed by atoms with van der Waals surface area (Å²) in [5.74, 6) is -0.265. The largest absolute Gasteiger partial charge is 0.469 e. The second-order valence-electron chi connectivity index (χ2n) is 5.12. The Balaban J connectivity index is 2.61. The van der Waals surface area contributed by atoms with Crippen LogP contribution in [0.15, 0.2) is 24.3 Å². The van der Waals surface area contributed by atoms with Crippen molar-refractivity contribution in [1.82, 2.24) is 5.32 Å². The fourth-order valence-corrected chi connectivity index (χ4v) is 2.08. The monoisotopic (exact) mass is 299 g/mol. The van der Waals surface area contributed by atoms with Crippen LogP contribution in [0.5, 0.6) is 0 Å². The number of methoxy groups -OCH3 is 1. The molecule has 0 spiro atoms. The maximum absolute atomic E-state index is 11.4. The van der Waals surface area contributed by atoms with Gasteiger partial charge in [0.05, 0.1) is 19.6 Å². The van der Waals surface area contributed by atoms with Crippen molar-refractivity contribution in [2.24, 2.45) is 0 Å². The average molecular weight is 300 g/mol. The Morgan fingerprint density at radius 2 is 2.25 bits per heavy atom. The summed E-state index contributed by atoms with van der Waals surface area (Å²) >= 11 is 5.90. The average Bonchev–Trinajstić information content (AvgIpc) is 2.44. The number of hydrogen-bond acceptors (Lipinski definition) is 4. The van der Waals surface area contributed by atoms with E-state index in [-0.39, 0.29) is 12.4 Å². The van der Waals surface area contributed by atoms with Gasteiger partial charge in [-0.05, 0) is 31.0 Å². The SMILES string of the molecule is CCC(C)(CC(=O)OC)NCC(O)c1cccc(Cl)c1. The number of halogens is 1. The number of hydrogen-bond donors (Lipinski definition) is 2. The van der Waals surface area contributed by atoms with Crippen molar-refractivity contribution in [3.05, 3.63) is 34.9 Å². The fourth-order valence-electron chi connectivity index (χ4n) is 1.88. The second-order valence-corrected chi connectivity index (χ2v) is 5.56. The van der Waals surface area contributed by atoms with Gasteiger partial charge in [0.25, 0.3) is 0 Å². The molecule has 1 aromatic carbocycles. The summed E-state index contributed by atoms with van der Waals surface area (Å²) in [5, 5.41) is 14.0. The maximum Gasteiger partial charge on any atom is 0.307 e. The molecule has 0 radical (unpaired) electrons. The van der Waals surface area contributed by atoms with Gasteiger partial charge in [0, 0.05) is 17.1 Å². The highest BCUT2D eigenvalue weighted by Crippen LogP contribution is 2.20. The van der Waals surface area contributed by atoms with Gasteiger partial charge in [0.2, 0.25) is 0 Å². The number of aliphatic hydroxyl groups is 1. The summed E-state index contributed by atoms with van der Waals surface area (Å²) in [4.78, 5) is 11.4. The number of carbonyl (C=O) groups excluding carboxylic acids is 1. The Kier molecular flexibility index (Phi) is 6.46. The predicted octanol–water partition coefficient (Wildman–Crippen LogP) is 2.69. The first kappa shape index (κ1) is 17.0. The van der Waals surface area contributed by atoms with Gasteiger partial charge < -0.3 is 15.2 Å². The number of β-amino-alcohol motifs (C(OH)–C–C–N with tert-alkyl or cyclic N) is 1. The van der Waals surface area contributed by atoms with E-state index in [1.54, 1.807) is 18.2 Å². The first-order valence-corrected chi connectivity index (χ1v) is 7.03. The van der Waals surface area contributed by atoms with Crippen LogP contribution in [0.3, 0.4) is 0 Å². The lowest BCUT2D eigenvalue weighted by atomic mass is 9.94. The van der Waals surface area contributed by atoms with Crippen LogP contribution in [0.4, 0.5) is 0 Å². The summed E-state index contributed by atoms with van der Waals surface area (Å²) in [7, 11) is 1.37. The van der Waals surface area contributed by atoms with Crippen LogP contribution in [0.2, 0.25) is 5.02 Å². The number of rotatable bonds is 7. The van der Waals surface area contributed by atoms with Crippen molar-refractivity contribution in [3.63, 3.8) is 0 Å². The van der Waals surface area contributed by atoms with Gasteiger partial charge in [-0.25, -0.2) is 0 Å². The van der Waals surface area contributed by atoms with Crippen molar-refractivity contribution in [3.8, 4) is 0 Å². The van der Waals surface area contributed by atoms with E-state index in [4.69, 9.17) is 16.3 Å². The topological polar surface area (TPSA) is 58.6 Å². The van der Waals surface area contributed by atoms with Crippen LogP contribution < -0.4 is 5.32 Å². The van der Waals surface area contributed by atoms with E-state index in [1.165, 1.54) is 7.11 Å². The van der Waals surface area contributed by atoms with Crippen LogP contribution in [-0.2, 0) is 9.53 Å². The van der Waals surface area contributed by atoms with Crippen molar-refractivity contribution < 1.29 is 14.6 Å². The molecule has 0 saturated heterocycles. The van der Waals surface area contributed by atoms with Gasteiger partial charge in [-0.1, -0.05) is 30.7 Å². The molecule has 0 aliphatic rings. The quantitative estimate of drug-likeness (QED) is 0.760. The molecule has 2 atom stereocenters. The van der Waals surface area contributed by atoms with Crippen molar-refractivity contribution in [2.75, 3.05) is 13.7 Å². The molecule has 4 nitrogen and oxygen atoms in total. The Morgan fingerprint density at radius 1 is 1.55 bits per heavy atom. The molecule has 0 aromatic heterocycles. The molecule has 0 saturated carbocycles. The van der Waals surface area contributed by atoms with E-state index in [0.29, 0.717) is 11.6 Å². The van der Waals surface area contributed by atoms with Gasteiger partial charge >= 0.3 is 5.97 Å². The minimum atomic E-state index is -0.669. The summed E-state index contributed by atoms with van der Waals surface area (Å²) in [6.45, 7) is 4.28. The molecule has 0 aliphatic carbocycles. The molecule has 0 amide bonds. The number of carbonyl (C=O) groups is 1. The first-order valence-electron chi connectivity index (χ1n) is 6.65. The molecule has 2 unspecified atom stereocenters. The second kappa shape index (κ2) is 7.62. The van der Waals surface area contributed by atoms with Gasteiger partial charge in [-0.15, -0.1) is 0 Å². The maximum atomic E-state index is 11.4. The van der Waals surface area contributed by atoms with Gasteiger partial charge in [0.15, 0.2) is 0 Å². The van der Waals surface area contributed by atoms with Gasteiger partial charge in [-0.3, -0.25) is 4.79 Å². The normalized spacial score (nSPS) is 15.4. The highest BCUT2D eigenvalue weighted by atomic mass is 35.5. The molecular weight excluding hydrogens is 278 g/mol. The minimum Gasteiger partial charge on any atom is -0.469 e. The summed E-state index contributed by atoms with van der Waals surface area (Å²) in [6.07, 6.45) is 0.351. The lowest BCUT2D eigenvalue weighted by molar-refractivity contribution is -0.142. The van der Waals surface area contributed by atoms with Crippen LogP contribution in [-0.4, -0.2) is 30.3 Å². The first-order chi connectivity index (χ1) is 9.40. The number of ether oxygens (including phenoxy) is 1. The third-order valence-corrected chi connectivity index (χ3v) is 3.73. The third kappa shape index (κ3) is 5.12. The molecular formula is C15H22ClNO3. The van der Waals surface area contributed by atoms with Crippen molar-refractivity contribution in [2.45, 2.75) is 38.3 Å². The molecule has 0 bridgehead atoms. The molecule has 20 heavy (non-hydrogen) atoms. The number of esters is 1. The molecule has 1 rings (SSSR count). The van der Waals surface area contributed by atoms with E-state index in [2.05, 4.69) is 5.32 Å². The van der Waals surface area contributed by atoms with E-state index < -0.39 is 11.6 Å². The van der Waals surface area contributed by atoms with E-state index in [0.717, 1.165) is 12.0 Å². The summed E-state index contributed by atoms with van der Waals surface area (Å²) in [6, 6.07) is 7.12. The number of nitrogens with one attached hydrogen (secondary N) is 1. The third-order valence-electron chi connectivity index (χ3n) is 3.50. The van der Waals surface area contributed by atoms with E-state index in [9.17, 15) is 9.90 Å². The van der Waals surface area contributed by atoms with Gasteiger partial charge in [-0.2, -0.15) is 0 Å². The Hall–Kier alpha value is -1.10. The standard InChI is InChI=1S/C15H22ClNO3/c1-4-15(2,9-14(19)20-3)17-10-13(18)11-6-5-7-12(16)8-11/h5-8,13,17-18H,4,9-10H2,1-3H3. The van der Waals surface area contributed by atoms with E-state index >= 15 is 0 Å². The van der Waals surface area contributed by atoms with Crippen LogP contribution in [0.25, 0.3) is 0 Å². The van der Waals surface area contributed by atoms with Crippen LogP contribution in [0, 0.1) is 0 Å². The molecule has 0 heterocycles. The summed E-state index contributed by atoms with van der Waals surface area (Å²) in [5.41, 5.74) is 0.355. The Morgan fingerprint density at radius 3 is 2.80 bits per heavy atom. The number of benzene rings is 1. The van der Waals surface area contributed by atoms with Crippen molar-refractivity contribution >= 4 is 17.6 Å². The highest BCUT2D eigenvalue weighted by Gasteiger charge is 2.26. The zero-order valence-electron chi connectivity index (χ0n) is 12.1. The zero-order valence-corrected chi connectivity index (χ0v) is 12.9. The van der Waals surface area contributed by atoms with E-state index in [1.807, 2.05) is 19.9 Å². The smallest absolute Gasteiger partial charge is 0.307 e. The highest BCUT2D eigenvalue weighted by molar-refractivity contribution is 6.30. The number of aliphatic hydroxyl groups excluding tert-OH is 1. The van der Waals surface area contributed by atoms with Crippen molar-refractivity contribution in [1.29, 1.82) is 0 Å². The zero-order chi connectivity index (χ0) is 15.2.